The van der Waals surface area contributed by atoms with Gasteiger partial charge in [-0.05, 0) is 41.8 Å². The third-order valence-corrected chi connectivity index (χ3v) is 4.52. The number of aromatic nitrogens is 2. The van der Waals surface area contributed by atoms with Crippen molar-refractivity contribution in [1.82, 2.24) is 10.2 Å². The molecule has 2 aromatic carbocycles. The Morgan fingerprint density at radius 1 is 1.00 bits per heavy atom. The van der Waals surface area contributed by atoms with Crippen LogP contribution in [0.5, 0.6) is 0 Å². The van der Waals surface area contributed by atoms with E-state index in [0.717, 1.165) is 31.6 Å². The minimum Gasteiger partial charge on any atom is -0.350 e. The fourth-order valence-electron chi connectivity index (χ4n) is 3.08. The Bertz CT molecular complexity index is 992. The normalized spacial score (nSPS) is 13.2. The molecular formula is C20H16F2N4O. The van der Waals surface area contributed by atoms with Crippen LogP contribution in [-0.2, 0) is 13.0 Å². The first-order valence-corrected chi connectivity index (χ1v) is 8.52. The minimum atomic E-state index is -0.847. The van der Waals surface area contributed by atoms with Crippen molar-refractivity contribution in [2.24, 2.45) is 0 Å². The van der Waals surface area contributed by atoms with Gasteiger partial charge in [0.2, 0.25) is 0 Å². The fourth-order valence-corrected chi connectivity index (χ4v) is 3.08. The molecule has 0 radical (unpaired) electrons. The molecule has 4 rings (SSSR count). The molecule has 0 unspecified atom stereocenters. The van der Waals surface area contributed by atoms with E-state index in [9.17, 15) is 13.6 Å². The Balaban J connectivity index is 1.47. The highest BCUT2D eigenvalue weighted by atomic mass is 19.1. The van der Waals surface area contributed by atoms with Gasteiger partial charge in [0, 0.05) is 19.2 Å². The molecule has 1 aromatic heterocycles. The van der Waals surface area contributed by atoms with E-state index in [-0.39, 0.29) is 11.4 Å². The molecule has 0 fully saturated rings. The third kappa shape index (κ3) is 3.62. The molecule has 27 heavy (non-hydrogen) atoms. The molecule has 0 saturated heterocycles. The first kappa shape index (κ1) is 17.1. The molecule has 0 atom stereocenters. The summed E-state index contributed by atoms with van der Waals surface area (Å²) in [5.41, 5.74) is 2.53. The van der Waals surface area contributed by atoms with E-state index < -0.39 is 17.5 Å². The van der Waals surface area contributed by atoms with Crippen molar-refractivity contribution in [3.8, 4) is 0 Å². The Hall–Kier alpha value is -3.35. The number of halogens is 2. The van der Waals surface area contributed by atoms with Crippen molar-refractivity contribution in [2.45, 2.75) is 13.0 Å². The summed E-state index contributed by atoms with van der Waals surface area (Å²) in [4.78, 5) is 14.3. The number of carbonyl (C=O) groups is 1. The van der Waals surface area contributed by atoms with E-state index in [0.29, 0.717) is 11.9 Å². The van der Waals surface area contributed by atoms with Crippen LogP contribution in [0, 0.1) is 11.6 Å². The van der Waals surface area contributed by atoms with Gasteiger partial charge in [-0.15, -0.1) is 10.2 Å². The van der Waals surface area contributed by atoms with E-state index in [2.05, 4.69) is 32.5 Å². The quantitative estimate of drug-likeness (QED) is 0.770. The number of rotatable bonds is 3. The summed E-state index contributed by atoms with van der Waals surface area (Å²) in [5, 5.41) is 10.5. The van der Waals surface area contributed by atoms with Crippen LogP contribution in [0.25, 0.3) is 0 Å². The smallest absolute Gasteiger partial charge is 0.276 e. The zero-order valence-electron chi connectivity index (χ0n) is 14.3. The molecular weight excluding hydrogens is 350 g/mol. The van der Waals surface area contributed by atoms with Gasteiger partial charge in [0.05, 0.1) is 5.69 Å². The van der Waals surface area contributed by atoms with E-state index in [1.165, 1.54) is 11.1 Å². The van der Waals surface area contributed by atoms with Crippen molar-refractivity contribution in [3.05, 3.63) is 83.1 Å². The lowest BCUT2D eigenvalue weighted by Crippen LogP contribution is -2.31. The van der Waals surface area contributed by atoms with Crippen LogP contribution in [0.1, 0.15) is 21.6 Å². The monoisotopic (exact) mass is 366 g/mol. The lowest BCUT2D eigenvalue weighted by Gasteiger charge is -2.29. The van der Waals surface area contributed by atoms with Crippen molar-refractivity contribution >= 4 is 17.4 Å². The summed E-state index contributed by atoms with van der Waals surface area (Å²) in [6.45, 7) is 1.55. The minimum absolute atomic E-state index is 0.0554. The van der Waals surface area contributed by atoms with E-state index in [1.807, 2.05) is 12.1 Å². The highest BCUT2D eigenvalue weighted by molar-refractivity contribution is 6.02. The van der Waals surface area contributed by atoms with Crippen LogP contribution in [0.15, 0.2) is 54.6 Å². The number of hydrogen-bond donors (Lipinski definition) is 1. The van der Waals surface area contributed by atoms with Gasteiger partial charge in [0.25, 0.3) is 5.91 Å². The summed E-state index contributed by atoms with van der Waals surface area (Å²) in [6, 6.07) is 14.5. The summed E-state index contributed by atoms with van der Waals surface area (Å²) < 4.78 is 26.6. The highest BCUT2D eigenvalue weighted by Gasteiger charge is 2.18. The second-order valence-electron chi connectivity index (χ2n) is 6.30. The number of nitrogens with zero attached hydrogens (tertiary/aromatic N) is 3. The number of benzene rings is 2. The number of carbonyl (C=O) groups excluding carboxylic acids is 1. The second-order valence-corrected chi connectivity index (χ2v) is 6.30. The van der Waals surface area contributed by atoms with Gasteiger partial charge >= 0.3 is 0 Å². The first-order chi connectivity index (χ1) is 13.1. The third-order valence-electron chi connectivity index (χ3n) is 4.52. The van der Waals surface area contributed by atoms with Crippen LogP contribution in [0.2, 0.25) is 0 Å². The molecule has 1 aliphatic heterocycles. The standard InChI is InChI=1S/C20H16F2N4O/c21-15-5-6-17(16(22)11-15)23-20(27)18-7-8-19(25-24-18)26-10-9-13-3-1-2-4-14(13)12-26/h1-8,11H,9-10,12H2,(H,23,27). The van der Waals surface area contributed by atoms with E-state index >= 15 is 0 Å². The summed E-state index contributed by atoms with van der Waals surface area (Å²) in [6.07, 6.45) is 0.921. The average molecular weight is 366 g/mol. The van der Waals surface area contributed by atoms with Gasteiger partial charge in [-0.25, -0.2) is 8.78 Å². The van der Waals surface area contributed by atoms with Crippen molar-refractivity contribution in [1.29, 1.82) is 0 Å². The predicted molar refractivity (Wildman–Crippen MR) is 97.5 cm³/mol. The van der Waals surface area contributed by atoms with Gasteiger partial charge in [-0.2, -0.15) is 0 Å². The van der Waals surface area contributed by atoms with E-state index in [1.54, 1.807) is 12.1 Å². The molecule has 0 aliphatic carbocycles. The Morgan fingerprint density at radius 3 is 2.56 bits per heavy atom. The van der Waals surface area contributed by atoms with Crippen LogP contribution < -0.4 is 10.2 Å². The second kappa shape index (κ2) is 7.11. The summed E-state index contributed by atoms with van der Waals surface area (Å²) in [5.74, 6) is -1.49. The average Bonchev–Trinajstić information content (AvgIpc) is 2.70. The van der Waals surface area contributed by atoms with Crippen LogP contribution in [-0.4, -0.2) is 22.6 Å². The largest absolute Gasteiger partial charge is 0.350 e. The van der Waals surface area contributed by atoms with Crippen LogP contribution in [0.4, 0.5) is 20.3 Å². The molecule has 1 N–H and O–H groups in total. The van der Waals surface area contributed by atoms with Crippen LogP contribution >= 0.6 is 0 Å². The number of nitrogens with one attached hydrogen (secondary N) is 1. The van der Waals surface area contributed by atoms with Gasteiger partial charge in [-0.1, -0.05) is 24.3 Å². The van der Waals surface area contributed by atoms with Gasteiger partial charge < -0.3 is 10.2 Å². The maximum atomic E-state index is 13.7. The zero-order chi connectivity index (χ0) is 18.8. The molecule has 136 valence electrons. The maximum Gasteiger partial charge on any atom is 0.276 e. The number of anilines is 2. The summed E-state index contributed by atoms with van der Waals surface area (Å²) >= 11 is 0. The Kier molecular flexibility index (Phi) is 4.50. The number of fused-ring (bicyclic) bond motifs is 1. The van der Waals surface area contributed by atoms with Crippen molar-refractivity contribution in [3.63, 3.8) is 0 Å². The van der Waals surface area contributed by atoms with Gasteiger partial charge in [-0.3, -0.25) is 4.79 Å². The van der Waals surface area contributed by atoms with Gasteiger partial charge in [0.15, 0.2) is 11.5 Å². The molecule has 7 heteroatoms. The van der Waals surface area contributed by atoms with Gasteiger partial charge in [0.1, 0.15) is 11.6 Å². The molecule has 2 heterocycles. The van der Waals surface area contributed by atoms with Crippen molar-refractivity contribution < 1.29 is 13.6 Å². The molecule has 0 spiro atoms. The lowest BCUT2D eigenvalue weighted by atomic mass is 10.00. The molecule has 1 aliphatic rings. The fraction of sp³-hybridized carbons (Fsp3) is 0.150. The number of hydrogen-bond acceptors (Lipinski definition) is 4. The predicted octanol–water partition coefficient (Wildman–Crippen LogP) is 3.57. The van der Waals surface area contributed by atoms with E-state index in [4.69, 9.17) is 0 Å². The van der Waals surface area contributed by atoms with Crippen molar-refractivity contribution in [2.75, 3.05) is 16.8 Å². The topological polar surface area (TPSA) is 58.1 Å². The number of amides is 1. The first-order valence-electron chi connectivity index (χ1n) is 8.52. The molecule has 0 saturated carbocycles. The highest BCUT2D eigenvalue weighted by Crippen LogP contribution is 2.22. The Morgan fingerprint density at radius 2 is 1.81 bits per heavy atom. The SMILES string of the molecule is O=C(Nc1ccc(F)cc1F)c1ccc(N2CCc3ccccc3C2)nn1. The zero-order valence-corrected chi connectivity index (χ0v) is 14.3. The Labute approximate surface area is 154 Å². The molecule has 3 aromatic rings. The lowest BCUT2D eigenvalue weighted by molar-refractivity contribution is 0.102. The van der Waals surface area contributed by atoms with Crippen LogP contribution in [0.3, 0.4) is 0 Å². The summed E-state index contributed by atoms with van der Waals surface area (Å²) in [7, 11) is 0. The molecule has 1 amide bonds. The molecule has 0 bridgehead atoms. The maximum absolute atomic E-state index is 13.7. The molecule has 5 nitrogen and oxygen atoms in total.